The van der Waals surface area contributed by atoms with Gasteiger partial charge in [-0.25, -0.2) is 0 Å². The molecule has 3 aliphatic rings. The highest BCUT2D eigenvalue weighted by molar-refractivity contribution is 9.10. The second-order valence-corrected chi connectivity index (χ2v) is 11.5. The molecule has 0 atom stereocenters. The standard InChI is InChI=1S/C29H26BrCl2NO5/c30-18-9-7-16(8-10-18)15-38-29-19(31)13-17(14-20(29)32)26-27-21(3-1-5-23(27)34)33(12-11-25(36)37)22-4-2-6-24(35)28(22)26/h7-10,13-14,26H,1-6,11-12,15H2,(H,36,37). The Bertz CT molecular complexity index is 1310. The lowest BCUT2D eigenvalue weighted by atomic mass is 9.71. The number of halogens is 3. The Labute approximate surface area is 239 Å². The van der Waals surface area contributed by atoms with Gasteiger partial charge < -0.3 is 14.7 Å². The maximum atomic E-state index is 13.4. The maximum Gasteiger partial charge on any atom is 0.305 e. The average Bonchev–Trinajstić information content (AvgIpc) is 2.87. The number of carboxylic acids is 1. The molecular weight excluding hydrogens is 593 g/mol. The fraction of sp³-hybridized carbons (Fsp3) is 0.345. The van der Waals surface area contributed by atoms with Crippen LogP contribution in [0.2, 0.25) is 10.0 Å². The number of aliphatic carboxylic acids is 1. The molecule has 0 spiro atoms. The molecule has 2 aromatic carbocycles. The summed E-state index contributed by atoms with van der Waals surface area (Å²) in [6.07, 6.45) is 3.37. The van der Waals surface area contributed by atoms with Crippen LogP contribution in [0.5, 0.6) is 5.75 Å². The van der Waals surface area contributed by atoms with Crippen molar-refractivity contribution in [1.29, 1.82) is 0 Å². The number of nitrogens with zero attached hydrogens (tertiary/aromatic N) is 1. The monoisotopic (exact) mass is 617 g/mol. The molecule has 38 heavy (non-hydrogen) atoms. The highest BCUT2D eigenvalue weighted by Gasteiger charge is 2.43. The summed E-state index contributed by atoms with van der Waals surface area (Å²) in [6, 6.07) is 11.2. The molecule has 1 N–H and O–H groups in total. The summed E-state index contributed by atoms with van der Waals surface area (Å²) in [6.45, 7) is 0.500. The van der Waals surface area contributed by atoms with Crippen LogP contribution < -0.4 is 4.74 Å². The molecule has 0 fully saturated rings. The van der Waals surface area contributed by atoms with Gasteiger partial charge in [0.05, 0.1) is 16.5 Å². The fourth-order valence-corrected chi connectivity index (χ4v) is 6.52. The molecule has 0 saturated heterocycles. The van der Waals surface area contributed by atoms with Crippen LogP contribution in [0.25, 0.3) is 0 Å². The van der Waals surface area contributed by atoms with Crippen LogP contribution in [0.1, 0.15) is 62.0 Å². The van der Waals surface area contributed by atoms with Crippen molar-refractivity contribution in [1.82, 2.24) is 4.90 Å². The Morgan fingerprint density at radius 2 is 1.50 bits per heavy atom. The quantitative estimate of drug-likeness (QED) is 0.353. The van der Waals surface area contributed by atoms with E-state index in [9.17, 15) is 19.5 Å². The Morgan fingerprint density at radius 3 is 2.03 bits per heavy atom. The first-order chi connectivity index (χ1) is 18.2. The molecule has 5 rings (SSSR count). The summed E-state index contributed by atoms with van der Waals surface area (Å²) < 4.78 is 6.93. The lowest BCUT2D eigenvalue weighted by Gasteiger charge is -2.44. The molecule has 0 saturated carbocycles. The number of carboxylic acid groups (broad SMARTS) is 1. The molecule has 0 bridgehead atoms. The number of hydrogen-bond acceptors (Lipinski definition) is 5. The van der Waals surface area contributed by atoms with Gasteiger partial charge in [0.2, 0.25) is 0 Å². The number of hydrogen-bond donors (Lipinski definition) is 1. The minimum Gasteiger partial charge on any atom is -0.486 e. The van der Waals surface area contributed by atoms with Gasteiger partial charge in [-0.2, -0.15) is 0 Å². The largest absolute Gasteiger partial charge is 0.486 e. The second kappa shape index (κ2) is 11.2. The Kier molecular flexibility index (Phi) is 7.98. The molecule has 6 nitrogen and oxygen atoms in total. The summed E-state index contributed by atoms with van der Waals surface area (Å²) in [5.41, 5.74) is 4.38. The van der Waals surface area contributed by atoms with E-state index in [2.05, 4.69) is 15.9 Å². The smallest absolute Gasteiger partial charge is 0.305 e. The van der Waals surface area contributed by atoms with Crippen molar-refractivity contribution in [3.05, 3.63) is 84.6 Å². The van der Waals surface area contributed by atoms with E-state index < -0.39 is 11.9 Å². The molecule has 2 aliphatic carbocycles. The summed E-state index contributed by atoms with van der Waals surface area (Å²) in [5.74, 6) is -1.21. The Balaban J connectivity index is 1.56. The molecule has 0 amide bonds. The first kappa shape index (κ1) is 27.0. The third kappa shape index (κ3) is 5.29. The van der Waals surface area contributed by atoms with Crippen LogP contribution in [-0.4, -0.2) is 34.1 Å². The van der Waals surface area contributed by atoms with Crippen LogP contribution in [0.4, 0.5) is 0 Å². The van der Waals surface area contributed by atoms with E-state index in [-0.39, 0.29) is 31.1 Å². The van der Waals surface area contributed by atoms with Crippen LogP contribution in [0.15, 0.2) is 63.4 Å². The predicted octanol–water partition coefficient (Wildman–Crippen LogP) is 7.22. The van der Waals surface area contributed by atoms with Gasteiger partial charge in [-0.15, -0.1) is 0 Å². The van der Waals surface area contributed by atoms with Gasteiger partial charge in [-0.3, -0.25) is 14.4 Å². The number of benzene rings is 2. The van der Waals surface area contributed by atoms with Crippen molar-refractivity contribution >= 4 is 56.7 Å². The number of ketones is 2. The third-order valence-corrected chi connectivity index (χ3v) is 8.38. The number of allylic oxidation sites excluding steroid dienone is 4. The van der Waals surface area contributed by atoms with Crippen LogP contribution in [0, 0.1) is 0 Å². The van der Waals surface area contributed by atoms with Crippen molar-refractivity contribution < 1.29 is 24.2 Å². The average molecular weight is 619 g/mol. The minimum absolute atomic E-state index is 0.0238. The number of rotatable bonds is 7. The normalized spacial score (nSPS) is 18.0. The summed E-state index contributed by atoms with van der Waals surface area (Å²) in [4.78, 5) is 40.1. The zero-order valence-corrected chi connectivity index (χ0v) is 23.7. The first-order valence-corrected chi connectivity index (χ1v) is 14.2. The minimum atomic E-state index is -0.919. The van der Waals surface area contributed by atoms with E-state index in [4.69, 9.17) is 27.9 Å². The van der Waals surface area contributed by atoms with Crippen LogP contribution in [0.3, 0.4) is 0 Å². The molecule has 2 aromatic rings. The number of carbonyl (C=O) groups is 3. The number of carbonyl (C=O) groups excluding carboxylic acids is 2. The molecule has 1 aliphatic heterocycles. The molecule has 1 heterocycles. The van der Waals surface area contributed by atoms with E-state index in [0.717, 1.165) is 21.4 Å². The Morgan fingerprint density at radius 1 is 0.947 bits per heavy atom. The highest BCUT2D eigenvalue weighted by Crippen LogP contribution is 2.50. The van der Waals surface area contributed by atoms with Gasteiger partial charge in [0.25, 0.3) is 0 Å². The van der Waals surface area contributed by atoms with Gasteiger partial charge in [0.15, 0.2) is 17.3 Å². The lowest BCUT2D eigenvalue weighted by Crippen LogP contribution is -2.39. The van der Waals surface area contributed by atoms with Gasteiger partial charge in [-0.1, -0.05) is 51.3 Å². The van der Waals surface area contributed by atoms with Gasteiger partial charge >= 0.3 is 5.97 Å². The Hall–Kier alpha value is -2.61. The van der Waals surface area contributed by atoms with E-state index in [0.29, 0.717) is 71.0 Å². The zero-order chi connectivity index (χ0) is 27.0. The molecule has 9 heteroatoms. The molecule has 0 aromatic heterocycles. The SMILES string of the molecule is O=C(O)CCN1C2=C(C(=O)CCC2)C(c2cc(Cl)c(OCc3ccc(Br)cc3)c(Cl)c2)C2=C1CCCC2=O. The summed E-state index contributed by atoms with van der Waals surface area (Å²) >= 11 is 16.8. The van der Waals surface area contributed by atoms with E-state index in [1.54, 1.807) is 12.1 Å². The number of Topliss-reactive ketones (excluding diaryl/α,β-unsaturated/α-hetero) is 2. The fourth-order valence-electron chi connectivity index (χ4n) is 5.65. The molecule has 0 radical (unpaired) electrons. The summed E-state index contributed by atoms with van der Waals surface area (Å²) in [7, 11) is 0. The maximum absolute atomic E-state index is 13.4. The number of ether oxygens (including phenoxy) is 1. The van der Waals surface area contributed by atoms with Crippen molar-refractivity contribution in [2.75, 3.05) is 6.54 Å². The van der Waals surface area contributed by atoms with Crippen molar-refractivity contribution in [2.24, 2.45) is 0 Å². The topological polar surface area (TPSA) is 83.9 Å². The lowest BCUT2D eigenvalue weighted by molar-refractivity contribution is -0.137. The molecular formula is C29H26BrCl2NO5. The van der Waals surface area contributed by atoms with Crippen molar-refractivity contribution in [3.8, 4) is 5.75 Å². The molecule has 0 unspecified atom stereocenters. The van der Waals surface area contributed by atoms with E-state index >= 15 is 0 Å². The van der Waals surface area contributed by atoms with E-state index in [1.807, 2.05) is 29.2 Å². The molecule has 198 valence electrons. The third-order valence-electron chi connectivity index (χ3n) is 7.29. The summed E-state index contributed by atoms with van der Waals surface area (Å²) in [5, 5.41) is 9.95. The second-order valence-electron chi connectivity index (χ2n) is 9.73. The van der Waals surface area contributed by atoms with Crippen molar-refractivity contribution in [2.45, 2.75) is 57.5 Å². The van der Waals surface area contributed by atoms with Gasteiger partial charge in [-0.05, 0) is 61.1 Å². The van der Waals surface area contributed by atoms with Crippen LogP contribution in [-0.2, 0) is 21.0 Å². The highest BCUT2D eigenvalue weighted by atomic mass is 79.9. The van der Waals surface area contributed by atoms with Crippen molar-refractivity contribution in [3.63, 3.8) is 0 Å². The zero-order valence-electron chi connectivity index (χ0n) is 20.6. The van der Waals surface area contributed by atoms with Gasteiger partial charge in [0, 0.05) is 52.3 Å². The van der Waals surface area contributed by atoms with Gasteiger partial charge in [0.1, 0.15) is 6.61 Å². The van der Waals surface area contributed by atoms with Crippen LogP contribution >= 0.6 is 39.1 Å². The predicted molar refractivity (Wildman–Crippen MR) is 148 cm³/mol. The van der Waals surface area contributed by atoms with E-state index in [1.165, 1.54) is 0 Å². The first-order valence-electron chi connectivity index (χ1n) is 12.6.